The van der Waals surface area contributed by atoms with Crippen LogP contribution in [0.2, 0.25) is 0 Å². The predicted octanol–water partition coefficient (Wildman–Crippen LogP) is 4.18. The van der Waals surface area contributed by atoms with E-state index in [1.165, 1.54) is 32.4 Å². The number of nitrogens with zero attached hydrogens (tertiary/aromatic N) is 1. The summed E-state index contributed by atoms with van der Waals surface area (Å²) in [6.45, 7) is 6.57. The van der Waals surface area contributed by atoms with Crippen molar-refractivity contribution in [3.05, 3.63) is 59.7 Å². The number of ketones is 1. The van der Waals surface area contributed by atoms with Crippen LogP contribution >= 0.6 is 0 Å². The molecule has 0 saturated carbocycles. The van der Waals surface area contributed by atoms with Gasteiger partial charge in [-0.25, -0.2) is 0 Å². The average molecular weight is 353 g/mol. The monoisotopic (exact) mass is 353 g/mol. The molecule has 1 heterocycles. The molecule has 3 rings (SSSR count). The summed E-state index contributed by atoms with van der Waals surface area (Å²) in [7, 11) is 0. The minimum atomic E-state index is 0.00733. The fraction of sp³-hybridized carbons (Fsp3) is 0.409. The molecule has 0 spiro atoms. The van der Waals surface area contributed by atoms with Gasteiger partial charge in [0.25, 0.3) is 0 Å². The van der Waals surface area contributed by atoms with Crippen LogP contribution in [0, 0.1) is 0 Å². The standard InChI is InChI=1S/C22H27NO3/c1-2-25-20-10-6-18(7-11-20)22(24)19-8-12-21(13-9-19)26-17-16-23-14-4-3-5-15-23/h6-13H,2-5,14-17H2,1H3. The fourth-order valence-corrected chi connectivity index (χ4v) is 3.21. The number of carbonyl (C=O) groups excluding carboxylic acids is 1. The molecule has 1 saturated heterocycles. The Kier molecular flexibility index (Phi) is 6.67. The quantitative estimate of drug-likeness (QED) is 0.667. The van der Waals surface area contributed by atoms with Gasteiger partial charge in [-0.1, -0.05) is 6.42 Å². The molecule has 1 aliphatic rings. The number of benzene rings is 2. The smallest absolute Gasteiger partial charge is 0.193 e. The first-order valence-corrected chi connectivity index (χ1v) is 9.49. The second-order valence-electron chi connectivity index (χ2n) is 6.56. The summed E-state index contributed by atoms with van der Waals surface area (Å²) in [6.07, 6.45) is 3.94. The zero-order chi connectivity index (χ0) is 18.2. The molecular formula is C22H27NO3. The van der Waals surface area contributed by atoms with Crippen molar-refractivity contribution in [3.63, 3.8) is 0 Å². The molecule has 4 nitrogen and oxygen atoms in total. The Balaban J connectivity index is 1.52. The highest BCUT2D eigenvalue weighted by Crippen LogP contribution is 2.18. The van der Waals surface area contributed by atoms with Gasteiger partial charge in [0.15, 0.2) is 5.78 Å². The lowest BCUT2D eigenvalue weighted by molar-refractivity contribution is 0.103. The number of carbonyl (C=O) groups is 1. The van der Waals surface area contributed by atoms with Crippen LogP contribution in [0.15, 0.2) is 48.5 Å². The van der Waals surface area contributed by atoms with E-state index in [2.05, 4.69) is 4.90 Å². The lowest BCUT2D eigenvalue weighted by Gasteiger charge is -2.26. The van der Waals surface area contributed by atoms with E-state index in [-0.39, 0.29) is 5.78 Å². The van der Waals surface area contributed by atoms with E-state index in [0.29, 0.717) is 24.3 Å². The van der Waals surface area contributed by atoms with Gasteiger partial charge in [-0.15, -0.1) is 0 Å². The molecule has 0 amide bonds. The van der Waals surface area contributed by atoms with Gasteiger partial charge in [0, 0.05) is 17.7 Å². The third kappa shape index (κ3) is 5.09. The van der Waals surface area contributed by atoms with Crippen LogP contribution in [0.3, 0.4) is 0 Å². The van der Waals surface area contributed by atoms with Crippen molar-refractivity contribution in [2.24, 2.45) is 0 Å². The summed E-state index contributed by atoms with van der Waals surface area (Å²) in [4.78, 5) is 15.0. The maximum absolute atomic E-state index is 12.6. The first kappa shape index (κ1) is 18.5. The zero-order valence-corrected chi connectivity index (χ0v) is 15.4. The molecule has 1 aliphatic heterocycles. The summed E-state index contributed by atoms with van der Waals surface area (Å²) < 4.78 is 11.2. The number of ether oxygens (including phenoxy) is 2. The summed E-state index contributed by atoms with van der Waals surface area (Å²) in [5.41, 5.74) is 1.32. The van der Waals surface area contributed by atoms with Crippen molar-refractivity contribution in [1.82, 2.24) is 4.90 Å². The lowest BCUT2D eigenvalue weighted by Crippen LogP contribution is -2.33. The van der Waals surface area contributed by atoms with Crippen LogP contribution in [-0.4, -0.2) is 43.5 Å². The van der Waals surface area contributed by atoms with Crippen molar-refractivity contribution < 1.29 is 14.3 Å². The zero-order valence-electron chi connectivity index (χ0n) is 15.4. The van der Waals surface area contributed by atoms with Crippen LogP contribution in [0.5, 0.6) is 11.5 Å². The Morgan fingerprint density at radius 2 is 1.38 bits per heavy atom. The van der Waals surface area contributed by atoms with Crippen molar-refractivity contribution in [2.45, 2.75) is 26.2 Å². The lowest BCUT2D eigenvalue weighted by atomic mass is 10.0. The van der Waals surface area contributed by atoms with Gasteiger partial charge < -0.3 is 9.47 Å². The molecule has 0 aliphatic carbocycles. The fourth-order valence-electron chi connectivity index (χ4n) is 3.21. The highest BCUT2D eigenvalue weighted by Gasteiger charge is 2.11. The van der Waals surface area contributed by atoms with Gasteiger partial charge in [0.05, 0.1) is 6.61 Å². The summed E-state index contributed by atoms with van der Waals surface area (Å²) in [6, 6.07) is 14.7. The second-order valence-corrected chi connectivity index (χ2v) is 6.56. The molecular weight excluding hydrogens is 326 g/mol. The number of piperidine rings is 1. The number of likely N-dealkylation sites (tertiary alicyclic amines) is 1. The van der Waals surface area contributed by atoms with Crippen LogP contribution in [-0.2, 0) is 0 Å². The SMILES string of the molecule is CCOc1ccc(C(=O)c2ccc(OCCN3CCCCC3)cc2)cc1. The topological polar surface area (TPSA) is 38.8 Å². The van der Waals surface area contributed by atoms with Gasteiger partial charge in [0.1, 0.15) is 18.1 Å². The Bertz CT molecular complexity index is 688. The van der Waals surface area contributed by atoms with Crippen LogP contribution in [0.25, 0.3) is 0 Å². The van der Waals surface area contributed by atoms with E-state index < -0.39 is 0 Å². The Morgan fingerprint density at radius 1 is 0.846 bits per heavy atom. The van der Waals surface area contributed by atoms with Crippen molar-refractivity contribution >= 4 is 5.78 Å². The molecule has 4 heteroatoms. The maximum atomic E-state index is 12.6. The van der Waals surface area contributed by atoms with Gasteiger partial charge in [-0.3, -0.25) is 9.69 Å². The maximum Gasteiger partial charge on any atom is 0.193 e. The molecule has 0 N–H and O–H groups in total. The minimum Gasteiger partial charge on any atom is -0.494 e. The summed E-state index contributed by atoms with van der Waals surface area (Å²) in [5.74, 6) is 1.60. The summed E-state index contributed by atoms with van der Waals surface area (Å²) >= 11 is 0. The van der Waals surface area contributed by atoms with E-state index >= 15 is 0 Å². The second kappa shape index (κ2) is 9.39. The van der Waals surface area contributed by atoms with E-state index in [1.807, 2.05) is 43.3 Å². The van der Waals surface area contributed by atoms with Crippen LogP contribution < -0.4 is 9.47 Å². The van der Waals surface area contributed by atoms with Gasteiger partial charge in [0.2, 0.25) is 0 Å². The van der Waals surface area contributed by atoms with E-state index in [9.17, 15) is 4.79 Å². The minimum absolute atomic E-state index is 0.00733. The largest absolute Gasteiger partial charge is 0.494 e. The summed E-state index contributed by atoms with van der Waals surface area (Å²) in [5, 5.41) is 0. The molecule has 26 heavy (non-hydrogen) atoms. The average Bonchev–Trinajstić information content (AvgIpc) is 2.70. The molecule has 0 radical (unpaired) electrons. The molecule has 0 unspecified atom stereocenters. The first-order valence-electron chi connectivity index (χ1n) is 9.49. The third-order valence-corrected chi connectivity index (χ3v) is 4.67. The number of rotatable bonds is 8. The number of hydrogen-bond donors (Lipinski definition) is 0. The van der Waals surface area contributed by atoms with Crippen LogP contribution in [0.1, 0.15) is 42.1 Å². The molecule has 0 aromatic heterocycles. The van der Waals surface area contributed by atoms with Crippen molar-refractivity contribution in [1.29, 1.82) is 0 Å². The molecule has 1 fully saturated rings. The van der Waals surface area contributed by atoms with Gasteiger partial charge in [-0.2, -0.15) is 0 Å². The van der Waals surface area contributed by atoms with Crippen molar-refractivity contribution in [3.8, 4) is 11.5 Å². The first-order chi connectivity index (χ1) is 12.8. The van der Waals surface area contributed by atoms with E-state index in [0.717, 1.165) is 18.0 Å². The molecule has 0 bridgehead atoms. The molecule has 138 valence electrons. The van der Waals surface area contributed by atoms with E-state index in [1.54, 1.807) is 12.1 Å². The van der Waals surface area contributed by atoms with E-state index in [4.69, 9.17) is 9.47 Å². The Hall–Kier alpha value is -2.33. The normalized spacial score (nSPS) is 14.8. The van der Waals surface area contributed by atoms with Crippen molar-refractivity contribution in [2.75, 3.05) is 32.8 Å². The molecule has 2 aromatic rings. The highest BCUT2D eigenvalue weighted by atomic mass is 16.5. The third-order valence-electron chi connectivity index (χ3n) is 4.67. The van der Waals surface area contributed by atoms with Gasteiger partial charge in [-0.05, 0) is 81.4 Å². The number of hydrogen-bond acceptors (Lipinski definition) is 4. The highest BCUT2D eigenvalue weighted by molar-refractivity contribution is 6.09. The predicted molar refractivity (Wildman–Crippen MR) is 103 cm³/mol. The Morgan fingerprint density at radius 3 is 1.92 bits per heavy atom. The molecule has 2 aromatic carbocycles. The molecule has 0 atom stereocenters. The van der Waals surface area contributed by atoms with Crippen LogP contribution in [0.4, 0.5) is 0 Å². The van der Waals surface area contributed by atoms with Gasteiger partial charge >= 0.3 is 0 Å². The Labute approximate surface area is 155 Å².